The average molecular weight is 399 g/mol. The molecule has 3 heterocycles. The Balaban J connectivity index is 1.22. The fraction of sp³-hybridized carbons (Fsp3) is 0.708. The largest absolute Gasteiger partial charge is 0.341 e. The molecule has 0 aliphatic carbocycles. The molecule has 0 bridgehead atoms. The van der Waals surface area contributed by atoms with Crippen molar-refractivity contribution >= 4 is 5.91 Å². The Bertz CT molecular complexity index is 621. The van der Waals surface area contributed by atoms with Gasteiger partial charge < -0.3 is 15.1 Å². The summed E-state index contributed by atoms with van der Waals surface area (Å²) in [5.41, 5.74) is 1.44. The van der Waals surface area contributed by atoms with Crippen molar-refractivity contribution in [1.82, 2.24) is 20.0 Å². The third-order valence-electron chi connectivity index (χ3n) is 7.09. The van der Waals surface area contributed by atoms with Crippen LogP contribution in [0.5, 0.6) is 0 Å². The molecule has 1 aromatic carbocycles. The quantitative estimate of drug-likeness (QED) is 0.826. The van der Waals surface area contributed by atoms with Crippen LogP contribution in [-0.2, 0) is 11.2 Å². The van der Waals surface area contributed by atoms with Crippen LogP contribution >= 0.6 is 0 Å². The van der Waals surface area contributed by atoms with Gasteiger partial charge in [-0.1, -0.05) is 30.3 Å². The standard InChI is InChI=1S/C24H38N4O/c29-24(27-15-5-12-25-13-19-27)22-8-4-14-28(20-22)23-10-17-26(18-11-23)16-9-21-6-2-1-3-7-21/h1-3,6-7,22-23,25H,4-5,8-20H2/t22-/m0/s1. The highest BCUT2D eigenvalue weighted by Crippen LogP contribution is 2.25. The van der Waals surface area contributed by atoms with Gasteiger partial charge in [0.2, 0.25) is 5.91 Å². The molecule has 3 aliphatic heterocycles. The fourth-order valence-electron chi connectivity index (χ4n) is 5.30. The van der Waals surface area contributed by atoms with E-state index in [1.54, 1.807) is 0 Å². The van der Waals surface area contributed by atoms with Gasteiger partial charge in [0.25, 0.3) is 0 Å². The summed E-state index contributed by atoms with van der Waals surface area (Å²) in [6.07, 6.45) is 7.00. The minimum Gasteiger partial charge on any atom is -0.341 e. The van der Waals surface area contributed by atoms with E-state index in [9.17, 15) is 4.79 Å². The van der Waals surface area contributed by atoms with E-state index in [1.165, 1.54) is 51.0 Å². The molecule has 0 radical (unpaired) electrons. The van der Waals surface area contributed by atoms with Crippen molar-refractivity contribution in [3.05, 3.63) is 35.9 Å². The summed E-state index contributed by atoms with van der Waals surface area (Å²) in [5, 5.41) is 3.41. The van der Waals surface area contributed by atoms with Crippen LogP contribution in [0.1, 0.15) is 37.7 Å². The number of carbonyl (C=O) groups excluding carboxylic acids is 1. The minimum absolute atomic E-state index is 0.220. The summed E-state index contributed by atoms with van der Waals surface area (Å²) in [4.78, 5) is 20.5. The molecule has 0 unspecified atom stereocenters. The van der Waals surface area contributed by atoms with E-state index in [2.05, 4.69) is 50.3 Å². The summed E-state index contributed by atoms with van der Waals surface area (Å²) >= 11 is 0. The SMILES string of the molecule is O=C([C@H]1CCCN(C2CCN(CCc3ccccc3)CC2)C1)N1CCCNCC1. The van der Waals surface area contributed by atoms with Gasteiger partial charge in [0.1, 0.15) is 0 Å². The molecule has 1 aromatic rings. The van der Waals surface area contributed by atoms with Gasteiger partial charge in [-0.2, -0.15) is 0 Å². The van der Waals surface area contributed by atoms with Crippen LogP contribution in [0.15, 0.2) is 30.3 Å². The molecule has 3 fully saturated rings. The van der Waals surface area contributed by atoms with E-state index in [0.717, 1.165) is 52.0 Å². The molecule has 4 rings (SSSR count). The first-order valence-electron chi connectivity index (χ1n) is 11.8. The van der Waals surface area contributed by atoms with Crippen LogP contribution in [0.25, 0.3) is 0 Å². The van der Waals surface area contributed by atoms with Crippen molar-refractivity contribution in [2.24, 2.45) is 5.92 Å². The maximum Gasteiger partial charge on any atom is 0.227 e. The van der Waals surface area contributed by atoms with Crippen LogP contribution in [-0.4, -0.2) is 85.6 Å². The third-order valence-corrected chi connectivity index (χ3v) is 7.09. The van der Waals surface area contributed by atoms with E-state index in [0.29, 0.717) is 11.9 Å². The van der Waals surface area contributed by atoms with Crippen LogP contribution in [0.4, 0.5) is 0 Å². The Kier molecular flexibility index (Phi) is 7.58. The zero-order chi connectivity index (χ0) is 19.9. The highest BCUT2D eigenvalue weighted by molar-refractivity contribution is 5.79. The first-order valence-corrected chi connectivity index (χ1v) is 11.8. The molecule has 0 spiro atoms. The fourth-order valence-corrected chi connectivity index (χ4v) is 5.30. The van der Waals surface area contributed by atoms with E-state index < -0.39 is 0 Å². The number of nitrogens with one attached hydrogen (secondary N) is 1. The van der Waals surface area contributed by atoms with E-state index >= 15 is 0 Å². The lowest BCUT2D eigenvalue weighted by molar-refractivity contribution is -0.137. The number of piperidine rings is 2. The average Bonchev–Trinajstić information content (AvgIpc) is 3.08. The number of benzene rings is 1. The lowest BCUT2D eigenvalue weighted by atomic mass is 9.92. The maximum absolute atomic E-state index is 13.1. The minimum atomic E-state index is 0.220. The van der Waals surface area contributed by atoms with Crippen molar-refractivity contribution in [3.63, 3.8) is 0 Å². The second-order valence-corrected chi connectivity index (χ2v) is 9.07. The summed E-state index contributed by atoms with van der Waals surface area (Å²) in [5.74, 6) is 0.636. The third kappa shape index (κ3) is 5.80. The van der Waals surface area contributed by atoms with Crippen molar-refractivity contribution < 1.29 is 4.79 Å². The summed E-state index contributed by atoms with van der Waals surface area (Å²) in [6, 6.07) is 11.5. The molecule has 5 nitrogen and oxygen atoms in total. The smallest absolute Gasteiger partial charge is 0.227 e. The van der Waals surface area contributed by atoms with Gasteiger partial charge >= 0.3 is 0 Å². The van der Waals surface area contributed by atoms with Gasteiger partial charge in [-0.15, -0.1) is 0 Å². The van der Waals surface area contributed by atoms with E-state index in [-0.39, 0.29) is 5.92 Å². The second-order valence-electron chi connectivity index (χ2n) is 9.07. The van der Waals surface area contributed by atoms with Crippen molar-refractivity contribution in [1.29, 1.82) is 0 Å². The normalized spacial score (nSPS) is 25.7. The Labute approximate surface area is 176 Å². The zero-order valence-corrected chi connectivity index (χ0v) is 17.9. The monoisotopic (exact) mass is 398 g/mol. The molecular formula is C24H38N4O. The Morgan fingerprint density at radius 2 is 1.76 bits per heavy atom. The van der Waals surface area contributed by atoms with Crippen molar-refractivity contribution in [3.8, 4) is 0 Å². The summed E-state index contributed by atoms with van der Waals surface area (Å²) < 4.78 is 0. The summed E-state index contributed by atoms with van der Waals surface area (Å²) in [7, 11) is 0. The topological polar surface area (TPSA) is 38.8 Å². The molecule has 1 atom stereocenters. The van der Waals surface area contributed by atoms with Gasteiger partial charge in [-0.05, 0) is 70.3 Å². The van der Waals surface area contributed by atoms with Gasteiger partial charge in [0.05, 0.1) is 5.92 Å². The number of nitrogens with zero attached hydrogens (tertiary/aromatic N) is 3. The van der Waals surface area contributed by atoms with Gasteiger partial charge in [-0.3, -0.25) is 9.69 Å². The van der Waals surface area contributed by atoms with E-state index in [4.69, 9.17) is 0 Å². The molecule has 0 saturated carbocycles. The number of rotatable bonds is 5. The first-order chi connectivity index (χ1) is 14.3. The number of likely N-dealkylation sites (tertiary alicyclic amines) is 2. The van der Waals surface area contributed by atoms with Crippen LogP contribution in [0.2, 0.25) is 0 Å². The van der Waals surface area contributed by atoms with Crippen LogP contribution in [0, 0.1) is 5.92 Å². The highest BCUT2D eigenvalue weighted by atomic mass is 16.2. The van der Waals surface area contributed by atoms with Crippen molar-refractivity contribution in [2.75, 3.05) is 58.9 Å². The number of carbonyl (C=O) groups is 1. The second kappa shape index (κ2) is 10.6. The van der Waals surface area contributed by atoms with Crippen LogP contribution in [0.3, 0.4) is 0 Å². The lowest BCUT2D eigenvalue weighted by Crippen LogP contribution is -2.51. The number of hydrogen-bond donors (Lipinski definition) is 1. The maximum atomic E-state index is 13.1. The zero-order valence-electron chi connectivity index (χ0n) is 17.9. The molecule has 0 aromatic heterocycles. The lowest BCUT2D eigenvalue weighted by Gasteiger charge is -2.42. The predicted octanol–water partition coefficient (Wildman–Crippen LogP) is 2.23. The summed E-state index contributed by atoms with van der Waals surface area (Å²) in [6.45, 7) is 9.54. The molecule has 1 amide bonds. The highest BCUT2D eigenvalue weighted by Gasteiger charge is 2.33. The van der Waals surface area contributed by atoms with Gasteiger partial charge in [-0.25, -0.2) is 0 Å². The number of hydrogen-bond acceptors (Lipinski definition) is 4. The Morgan fingerprint density at radius 1 is 0.931 bits per heavy atom. The number of amides is 1. The van der Waals surface area contributed by atoms with Crippen LogP contribution < -0.4 is 5.32 Å². The Hall–Kier alpha value is -1.43. The first kappa shape index (κ1) is 20.8. The molecule has 3 saturated heterocycles. The van der Waals surface area contributed by atoms with Gasteiger partial charge in [0.15, 0.2) is 0 Å². The molecule has 29 heavy (non-hydrogen) atoms. The van der Waals surface area contributed by atoms with Gasteiger partial charge in [0, 0.05) is 38.8 Å². The van der Waals surface area contributed by atoms with Crippen molar-refractivity contribution in [2.45, 2.75) is 44.6 Å². The molecular weight excluding hydrogens is 360 g/mol. The molecule has 5 heteroatoms. The predicted molar refractivity (Wildman–Crippen MR) is 118 cm³/mol. The Morgan fingerprint density at radius 3 is 2.59 bits per heavy atom. The molecule has 3 aliphatic rings. The molecule has 160 valence electrons. The molecule has 1 N–H and O–H groups in total. The van der Waals surface area contributed by atoms with E-state index in [1.807, 2.05) is 0 Å².